The SMILES string of the molecule is Cc1ccccc1C(C)c1cc(F)ccc1O. The number of rotatable bonds is 2. The van der Waals surface area contributed by atoms with Gasteiger partial charge in [-0.1, -0.05) is 31.2 Å². The molecule has 2 aromatic carbocycles. The number of phenols is 1. The quantitative estimate of drug-likeness (QED) is 0.827. The van der Waals surface area contributed by atoms with Gasteiger partial charge in [0.1, 0.15) is 11.6 Å². The first-order chi connectivity index (χ1) is 8.09. The number of aryl methyl sites for hydroxylation is 1. The summed E-state index contributed by atoms with van der Waals surface area (Å²) >= 11 is 0. The van der Waals surface area contributed by atoms with Crippen LogP contribution in [0.3, 0.4) is 0 Å². The van der Waals surface area contributed by atoms with E-state index in [0.717, 1.165) is 11.1 Å². The van der Waals surface area contributed by atoms with Gasteiger partial charge < -0.3 is 5.11 Å². The van der Waals surface area contributed by atoms with Crippen LogP contribution in [0.25, 0.3) is 0 Å². The molecule has 0 spiro atoms. The van der Waals surface area contributed by atoms with E-state index in [1.807, 2.05) is 38.1 Å². The second-order valence-electron chi connectivity index (χ2n) is 4.28. The lowest BCUT2D eigenvalue weighted by molar-refractivity contribution is 0.463. The van der Waals surface area contributed by atoms with E-state index in [1.54, 1.807) is 0 Å². The van der Waals surface area contributed by atoms with Crippen molar-refractivity contribution in [2.45, 2.75) is 19.8 Å². The summed E-state index contributed by atoms with van der Waals surface area (Å²) in [6.07, 6.45) is 0. The van der Waals surface area contributed by atoms with Gasteiger partial charge in [-0.05, 0) is 36.2 Å². The zero-order chi connectivity index (χ0) is 12.4. The smallest absolute Gasteiger partial charge is 0.123 e. The lowest BCUT2D eigenvalue weighted by Crippen LogP contribution is -1.99. The fourth-order valence-corrected chi connectivity index (χ4v) is 2.11. The molecule has 0 fully saturated rings. The molecule has 1 unspecified atom stereocenters. The lowest BCUT2D eigenvalue weighted by atomic mass is 9.89. The molecule has 0 aliphatic heterocycles. The van der Waals surface area contributed by atoms with Crippen molar-refractivity contribution < 1.29 is 9.50 Å². The Morgan fingerprint density at radius 3 is 2.47 bits per heavy atom. The van der Waals surface area contributed by atoms with Crippen molar-refractivity contribution in [1.82, 2.24) is 0 Å². The molecule has 0 aliphatic rings. The third-order valence-electron chi connectivity index (χ3n) is 3.11. The Morgan fingerprint density at radius 1 is 1.06 bits per heavy atom. The third-order valence-corrected chi connectivity index (χ3v) is 3.11. The molecule has 0 bridgehead atoms. The van der Waals surface area contributed by atoms with Gasteiger partial charge in [0, 0.05) is 11.5 Å². The minimum absolute atomic E-state index is 0.0214. The van der Waals surface area contributed by atoms with Crippen LogP contribution < -0.4 is 0 Å². The highest BCUT2D eigenvalue weighted by Gasteiger charge is 2.14. The molecule has 88 valence electrons. The van der Waals surface area contributed by atoms with Crippen molar-refractivity contribution in [3.05, 3.63) is 65.0 Å². The maximum atomic E-state index is 13.2. The van der Waals surface area contributed by atoms with Gasteiger partial charge in [-0.15, -0.1) is 0 Å². The van der Waals surface area contributed by atoms with Crippen LogP contribution in [-0.4, -0.2) is 5.11 Å². The molecule has 17 heavy (non-hydrogen) atoms. The predicted molar refractivity (Wildman–Crippen MR) is 66.8 cm³/mol. The first-order valence-corrected chi connectivity index (χ1v) is 5.63. The van der Waals surface area contributed by atoms with Crippen molar-refractivity contribution in [1.29, 1.82) is 0 Å². The van der Waals surface area contributed by atoms with Crippen LogP contribution in [0.15, 0.2) is 42.5 Å². The molecule has 1 atom stereocenters. The van der Waals surface area contributed by atoms with E-state index in [-0.39, 0.29) is 17.5 Å². The Hall–Kier alpha value is -1.83. The summed E-state index contributed by atoms with van der Waals surface area (Å²) < 4.78 is 13.2. The molecule has 2 heteroatoms. The molecule has 0 heterocycles. The Bertz CT molecular complexity index is 534. The van der Waals surface area contributed by atoms with Gasteiger partial charge in [0.25, 0.3) is 0 Å². The van der Waals surface area contributed by atoms with E-state index in [4.69, 9.17) is 0 Å². The van der Waals surface area contributed by atoms with Gasteiger partial charge in [0.15, 0.2) is 0 Å². The van der Waals surface area contributed by atoms with Gasteiger partial charge in [-0.3, -0.25) is 0 Å². The Labute approximate surface area is 101 Å². The van der Waals surface area contributed by atoms with Crippen molar-refractivity contribution in [3.63, 3.8) is 0 Å². The second-order valence-corrected chi connectivity index (χ2v) is 4.28. The van der Waals surface area contributed by atoms with Gasteiger partial charge in [-0.25, -0.2) is 4.39 Å². The largest absolute Gasteiger partial charge is 0.508 e. The molecule has 2 rings (SSSR count). The van der Waals surface area contributed by atoms with Crippen LogP contribution in [0.5, 0.6) is 5.75 Å². The normalized spacial score (nSPS) is 12.4. The molecular formula is C15H15FO. The van der Waals surface area contributed by atoms with E-state index < -0.39 is 0 Å². The van der Waals surface area contributed by atoms with Crippen molar-refractivity contribution >= 4 is 0 Å². The molecule has 0 saturated heterocycles. The fourth-order valence-electron chi connectivity index (χ4n) is 2.11. The molecule has 1 nitrogen and oxygen atoms in total. The Balaban J connectivity index is 2.47. The highest BCUT2D eigenvalue weighted by molar-refractivity contribution is 5.43. The van der Waals surface area contributed by atoms with E-state index in [1.165, 1.54) is 18.2 Å². The maximum Gasteiger partial charge on any atom is 0.123 e. The van der Waals surface area contributed by atoms with Crippen LogP contribution >= 0.6 is 0 Å². The Morgan fingerprint density at radius 2 is 1.76 bits per heavy atom. The topological polar surface area (TPSA) is 20.2 Å². The van der Waals surface area contributed by atoms with E-state index in [9.17, 15) is 9.50 Å². The average molecular weight is 230 g/mol. The van der Waals surface area contributed by atoms with Crippen LogP contribution in [0, 0.1) is 12.7 Å². The summed E-state index contributed by atoms with van der Waals surface area (Å²) in [6.45, 7) is 3.99. The summed E-state index contributed by atoms with van der Waals surface area (Å²) in [5.41, 5.74) is 2.87. The zero-order valence-electron chi connectivity index (χ0n) is 9.94. The predicted octanol–water partition coefficient (Wildman–Crippen LogP) is 3.99. The highest BCUT2D eigenvalue weighted by Crippen LogP contribution is 2.32. The molecule has 0 aliphatic carbocycles. The number of phenolic OH excluding ortho intramolecular Hbond substituents is 1. The summed E-state index contributed by atoms with van der Waals surface area (Å²) in [6, 6.07) is 12.0. The van der Waals surface area contributed by atoms with Crippen LogP contribution in [0.4, 0.5) is 4.39 Å². The minimum atomic E-state index is -0.321. The lowest BCUT2D eigenvalue weighted by Gasteiger charge is -2.16. The number of benzene rings is 2. The zero-order valence-corrected chi connectivity index (χ0v) is 9.94. The third kappa shape index (κ3) is 2.31. The second kappa shape index (κ2) is 4.58. The molecule has 0 radical (unpaired) electrons. The van der Waals surface area contributed by atoms with Crippen LogP contribution in [0.1, 0.15) is 29.5 Å². The van der Waals surface area contributed by atoms with Gasteiger partial charge in [-0.2, -0.15) is 0 Å². The molecule has 0 amide bonds. The minimum Gasteiger partial charge on any atom is -0.508 e. The summed E-state index contributed by atoms with van der Waals surface area (Å²) in [4.78, 5) is 0. The van der Waals surface area contributed by atoms with E-state index in [0.29, 0.717) is 5.56 Å². The van der Waals surface area contributed by atoms with Gasteiger partial charge in [0.05, 0.1) is 0 Å². The molecular weight excluding hydrogens is 215 g/mol. The first kappa shape index (κ1) is 11.6. The molecule has 2 aromatic rings. The fraction of sp³-hybridized carbons (Fsp3) is 0.200. The molecule has 1 N–H and O–H groups in total. The summed E-state index contributed by atoms with van der Waals surface area (Å²) in [5.74, 6) is -0.202. The van der Waals surface area contributed by atoms with Crippen molar-refractivity contribution in [2.75, 3.05) is 0 Å². The Kier molecular flexibility index (Phi) is 3.14. The number of aromatic hydroxyl groups is 1. The van der Waals surface area contributed by atoms with Crippen LogP contribution in [-0.2, 0) is 0 Å². The summed E-state index contributed by atoms with van der Waals surface area (Å²) in [5, 5.41) is 9.79. The van der Waals surface area contributed by atoms with Crippen LogP contribution in [0.2, 0.25) is 0 Å². The van der Waals surface area contributed by atoms with E-state index >= 15 is 0 Å². The maximum absolute atomic E-state index is 13.2. The van der Waals surface area contributed by atoms with Crippen molar-refractivity contribution in [3.8, 4) is 5.75 Å². The molecule has 0 saturated carbocycles. The standard InChI is InChI=1S/C15H15FO/c1-10-5-3-4-6-13(10)11(2)14-9-12(16)7-8-15(14)17/h3-9,11,17H,1-2H3. The monoisotopic (exact) mass is 230 g/mol. The van der Waals surface area contributed by atoms with Gasteiger partial charge in [0.2, 0.25) is 0 Å². The molecule has 0 aromatic heterocycles. The average Bonchev–Trinajstić information content (AvgIpc) is 2.32. The number of hydrogen-bond donors (Lipinski definition) is 1. The number of hydrogen-bond acceptors (Lipinski definition) is 1. The van der Waals surface area contributed by atoms with E-state index in [2.05, 4.69) is 0 Å². The number of halogens is 1. The highest BCUT2D eigenvalue weighted by atomic mass is 19.1. The van der Waals surface area contributed by atoms with Crippen molar-refractivity contribution in [2.24, 2.45) is 0 Å². The first-order valence-electron chi connectivity index (χ1n) is 5.63. The van der Waals surface area contributed by atoms with Gasteiger partial charge >= 0.3 is 0 Å². The summed E-state index contributed by atoms with van der Waals surface area (Å²) in [7, 11) is 0.